The van der Waals surface area contributed by atoms with Crippen LogP contribution in [-0.2, 0) is 20.7 Å². The number of hydrogen-bond donors (Lipinski definition) is 2. The fraction of sp³-hybridized carbons (Fsp3) is 0.400. The maximum atomic E-state index is 12.6. The van der Waals surface area contributed by atoms with Gasteiger partial charge in [0.05, 0.1) is 12.2 Å². The molecule has 2 aromatic rings. The standard InChI is InChI=1S/C30H38N2O4/c1-2-3-4-5-6-22-9-15-27(16-10-22)36-30(34)24-12-7-23(8-13-24)11-18-29(33)35-20-19-25-21-26(31)14-17-28(25)32/h2,7-8,11-14,17-18,21-22,27H,1,3-6,9-10,15-16,19-20,31-32H2/b18-11+. The Labute approximate surface area is 214 Å². The topological polar surface area (TPSA) is 105 Å². The number of hydrogen-bond acceptors (Lipinski definition) is 6. The van der Waals surface area contributed by atoms with E-state index in [4.69, 9.17) is 20.9 Å². The third kappa shape index (κ3) is 8.91. The molecule has 0 atom stereocenters. The number of anilines is 2. The summed E-state index contributed by atoms with van der Waals surface area (Å²) in [6.07, 6.45) is 14.4. The maximum absolute atomic E-state index is 12.6. The number of nitrogen functional groups attached to an aromatic ring is 2. The Balaban J connectivity index is 1.37. The maximum Gasteiger partial charge on any atom is 0.338 e. The van der Waals surface area contributed by atoms with Crippen molar-refractivity contribution in [1.82, 2.24) is 0 Å². The SMILES string of the molecule is C=CCCCCC1CCC(OC(=O)c2ccc(/C=C/C(=O)OCCc3cc(N)ccc3N)cc2)CC1. The van der Waals surface area contributed by atoms with Crippen LogP contribution >= 0.6 is 0 Å². The monoisotopic (exact) mass is 490 g/mol. The molecule has 1 aliphatic carbocycles. The fourth-order valence-corrected chi connectivity index (χ4v) is 4.53. The second-order valence-corrected chi connectivity index (χ2v) is 9.45. The average Bonchev–Trinajstić information content (AvgIpc) is 2.88. The van der Waals surface area contributed by atoms with Crippen LogP contribution in [0.2, 0.25) is 0 Å². The summed E-state index contributed by atoms with van der Waals surface area (Å²) in [6.45, 7) is 3.98. The summed E-state index contributed by atoms with van der Waals surface area (Å²) in [6, 6.07) is 12.3. The quantitative estimate of drug-likeness (QED) is 0.122. The molecule has 1 fully saturated rings. The molecule has 0 unspecified atom stereocenters. The van der Waals surface area contributed by atoms with Crippen molar-refractivity contribution < 1.29 is 19.1 Å². The first-order chi connectivity index (χ1) is 17.4. The highest BCUT2D eigenvalue weighted by molar-refractivity contribution is 5.90. The Morgan fingerprint density at radius 1 is 1.00 bits per heavy atom. The van der Waals surface area contributed by atoms with Gasteiger partial charge in [-0.05, 0) is 92.0 Å². The molecule has 0 bridgehead atoms. The van der Waals surface area contributed by atoms with E-state index in [-0.39, 0.29) is 18.7 Å². The lowest BCUT2D eigenvalue weighted by Crippen LogP contribution is -2.24. The summed E-state index contributed by atoms with van der Waals surface area (Å²) in [5.74, 6) is 0.00950. The van der Waals surface area contributed by atoms with Gasteiger partial charge in [-0.3, -0.25) is 0 Å². The van der Waals surface area contributed by atoms with Gasteiger partial charge in [0.15, 0.2) is 0 Å². The number of nitrogens with two attached hydrogens (primary N) is 2. The van der Waals surface area contributed by atoms with Crippen LogP contribution < -0.4 is 11.5 Å². The lowest BCUT2D eigenvalue weighted by atomic mass is 9.84. The Bertz CT molecular complexity index is 1040. The molecule has 0 radical (unpaired) electrons. The van der Waals surface area contributed by atoms with Gasteiger partial charge in [0.2, 0.25) is 0 Å². The molecule has 0 amide bonds. The molecule has 0 heterocycles. The minimum atomic E-state index is -0.447. The van der Waals surface area contributed by atoms with Gasteiger partial charge in [-0.25, -0.2) is 9.59 Å². The van der Waals surface area contributed by atoms with E-state index in [1.807, 2.05) is 6.08 Å². The Morgan fingerprint density at radius 3 is 2.47 bits per heavy atom. The summed E-state index contributed by atoms with van der Waals surface area (Å²) in [5, 5.41) is 0. The molecule has 36 heavy (non-hydrogen) atoms. The van der Waals surface area contributed by atoms with Crippen molar-refractivity contribution in [3.63, 3.8) is 0 Å². The van der Waals surface area contributed by atoms with Crippen molar-refractivity contribution in [2.75, 3.05) is 18.1 Å². The van der Waals surface area contributed by atoms with Crippen LogP contribution in [0.1, 0.15) is 72.9 Å². The van der Waals surface area contributed by atoms with E-state index >= 15 is 0 Å². The normalized spacial score (nSPS) is 17.6. The van der Waals surface area contributed by atoms with Gasteiger partial charge in [-0.1, -0.05) is 31.1 Å². The predicted octanol–water partition coefficient (Wildman–Crippen LogP) is 6.11. The molecule has 0 aliphatic heterocycles. The van der Waals surface area contributed by atoms with E-state index in [1.165, 1.54) is 25.3 Å². The molecule has 192 valence electrons. The lowest BCUT2D eigenvalue weighted by Gasteiger charge is -2.28. The van der Waals surface area contributed by atoms with E-state index in [1.54, 1.807) is 48.5 Å². The molecule has 0 spiro atoms. The lowest BCUT2D eigenvalue weighted by molar-refractivity contribution is -0.137. The minimum absolute atomic E-state index is 0.000977. The van der Waals surface area contributed by atoms with Gasteiger partial charge in [-0.15, -0.1) is 6.58 Å². The molecule has 0 saturated heterocycles. The molecule has 6 heteroatoms. The number of benzene rings is 2. The van der Waals surface area contributed by atoms with Crippen molar-refractivity contribution in [1.29, 1.82) is 0 Å². The van der Waals surface area contributed by atoms with Crippen molar-refractivity contribution >= 4 is 29.4 Å². The highest BCUT2D eigenvalue weighted by atomic mass is 16.5. The predicted molar refractivity (Wildman–Crippen MR) is 145 cm³/mol. The zero-order valence-electron chi connectivity index (χ0n) is 21.0. The van der Waals surface area contributed by atoms with Crippen LogP contribution in [0, 0.1) is 5.92 Å². The molecule has 2 aromatic carbocycles. The number of esters is 2. The smallest absolute Gasteiger partial charge is 0.338 e. The number of carbonyl (C=O) groups is 2. The van der Waals surface area contributed by atoms with Gasteiger partial charge < -0.3 is 20.9 Å². The van der Waals surface area contributed by atoms with E-state index < -0.39 is 5.97 Å². The van der Waals surface area contributed by atoms with Crippen LogP contribution in [0.5, 0.6) is 0 Å². The van der Waals surface area contributed by atoms with Crippen molar-refractivity contribution in [3.05, 3.63) is 77.9 Å². The van der Waals surface area contributed by atoms with Crippen LogP contribution in [0.25, 0.3) is 6.08 Å². The summed E-state index contributed by atoms with van der Waals surface area (Å²) in [4.78, 5) is 24.6. The first-order valence-corrected chi connectivity index (χ1v) is 12.8. The van der Waals surface area contributed by atoms with E-state index in [9.17, 15) is 9.59 Å². The van der Waals surface area contributed by atoms with Gasteiger partial charge in [0.25, 0.3) is 0 Å². The Morgan fingerprint density at radius 2 is 1.75 bits per heavy atom. The highest BCUT2D eigenvalue weighted by Crippen LogP contribution is 2.30. The second-order valence-electron chi connectivity index (χ2n) is 9.45. The van der Waals surface area contributed by atoms with Gasteiger partial charge in [0, 0.05) is 23.9 Å². The third-order valence-corrected chi connectivity index (χ3v) is 6.68. The zero-order valence-corrected chi connectivity index (χ0v) is 21.0. The third-order valence-electron chi connectivity index (χ3n) is 6.68. The molecule has 1 aliphatic rings. The Hall–Kier alpha value is -3.54. The number of allylic oxidation sites excluding steroid dienone is 1. The van der Waals surface area contributed by atoms with Crippen LogP contribution in [-0.4, -0.2) is 24.6 Å². The van der Waals surface area contributed by atoms with Crippen LogP contribution in [0.3, 0.4) is 0 Å². The fourth-order valence-electron chi connectivity index (χ4n) is 4.53. The molecule has 1 saturated carbocycles. The summed E-state index contributed by atoms with van der Waals surface area (Å²) < 4.78 is 11.0. The summed E-state index contributed by atoms with van der Waals surface area (Å²) in [5.41, 5.74) is 15.1. The molecule has 6 nitrogen and oxygen atoms in total. The van der Waals surface area contributed by atoms with Gasteiger partial charge >= 0.3 is 11.9 Å². The largest absolute Gasteiger partial charge is 0.462 e. The van der Waals surface area contributed by atoms with E-state index in [2.05, 4.69) is 6.58 Å². The summed E-state index contributed by atoms with van der Waals surface area (Å²) in [7, 11) is 0. The van der Waals surface area contributed by atoms with Gasteiger partial charge in [-0.2, -0.15) is 0 Å². The van der Waals surface area contributed by atoms with Crippen LogP contribution in [0.15, 0.2) is 61.2 Å². The Kier molecular flexibility index (Phi) is 10.6. The molecule has 3 rings (SSSR count). The molecule has 4 N–H and O–H groups in total. The first kappa shape index (κ1) is 27.1. The molecular weight excluding hydrogens is 452 g/mol. The second kappa shape index (κ2) is 14.1. The molecule has 0 aromatic heterocycles. The number of rotatable bonds is 12. The number of carbonyl (C=O) groups excluding carboxylic acids is 2. The van der Waals surface area contributed by atoms with Crippen molar-refractivity contribution in [2.45, 2.75) is 63.9 Å². The van der Waals surface area contributed by atoms with Gasteiger partial charge in [0.1, 0.15) is 6.10 Å². The number of unbranched alkanes of at least 4 members (excludes halogenated alkanes) is 2. The summed E-state index contributed by atoms with van der Waals surface area (Å²) >= 11 is 0. The average molecular weight is 491 g/mol. The number of ether oxygens (including phenoxy) is 2. The molecular formula is C30H38N2O4. The van der Waals surface area contributed by atoms with Crippen molar-refractivity contribution in [3.8, 4) is 0 Å². The van der Waals surface area contributed by atoms with E-state index in [0.717, 1.165) is 49.1 Å². The van der Waals surface area contributed by atoms with Crippen LogP contribution in [0.4, 0.5) is 11.4 Å². The van der Waals surface area contributed by atoms with E-state index in [0.29, 0.717) is 23.4 Å². The first-order valence-electron chi connectivity index (χ1n) is 12.8. The zero-order chi connectivity index (χ0) is 25.8. The van der Waals surface area contributed by atoms with Crippen molar-refractivity contribution in [2.24, 2.45) is 5.92 Å². The minimum Gasteiger partial charge on any atom is -0.462 e. The highest BCUT2D eigenvalue weighted by Gasteiger charge is 2.24.